The minimum Gasteiger partial charge on any atom is -0.346 e. The molecule has 3 aromatic rings. The van der Waals surface area contributed by atoms with Crippen molar-refractivity contribution in [2.24, 2.45) is 11.8 Å². The van der Waals surface area contributed by atoms with Crippen molar-refractivity contribution in [1.82, 2.24) is 19.9 Å². The Bertz CT molecular complexity index is 1210. The van der Waals surface area contributed by atoms with E-state index in [1.165, 1.54) is 12.3 Å². The summed E-state index contributed by atoms with van der Waals surface area (Å²) in [5.41, 5.74) is 2.79. The van der Waals surface area contributed by atoms with Crippen molar-refractivity contribution < 1.29 is 14.0 Å². The van der Waals surface area contributed by atoms with Crippen LogP contribution in [0.4, 0.5) is 10.2 Å². The van der Waals surface area contributed by atoms with Gasteiger partial charge in [-0.2, -0.15) is 0 Å². The predicted octanol–water partition coefficient (Wildman–Crippen LogP) is 3.62. The van der Waals surface area contributed by atoms with Crippen LogP contribution in [0.2, 0.25) is 0 Å². The monoisotopic (exact) mass is 419 g/mol. The average Bonchev–Trinajstić information content (AvgIpc) is 3.51. The van der Waals surface area contributed by atoms with Gasteiger partial charge in [-0.3, -0.25) is 14.6 Å². The molecular weight excluding hydrogens is 397 g/mol. The van der Waals surface area contributed by atoms with Crippen LogP contribution in [-0.4, -0.2) is 44.8 Å². The molecule has 2 aliphatic rings. The summed E-state index contributed by atoms with van der Waals surface area (Å²) in [6, 6.07) is 5.27. The number of pyridine rings is 2. The number of halogens is 1. The number of aromatic nitrogens is 3. The first-order chi connectivity index (χ1) is 15.0. The van der Waals surface area contributed by atoms with E-state index in [-0.39, 0.29) is 29.2 Å². The third kappa shape index (κ3) is 3.69. The molecule has 0 radical (unpaired) electrons. The standard InChI is InChI=1S/C23H22FN5O2/c1-13-12-29(23(31)17-4-7-25-11-19(17)24)9-6-15(13)18-10-20(28-22(30)14-2-3-14)27-21-16(18)5-8-26-21/h4-8,10-11,13-14H,2-3,9,12H2,1H3,(H2,26,27,28,30). The Morgan fingerprint density at radius 3 is 2.87 bits per heavy atom. The number of hydrogen-bond donors (Lipinski definition) is 2. The highest BCUT2D eigenvalue weighted by molar-refractivity contribution is 5.98. The third-order valence-electron chi connectivity index (χ3n) is 5.89. The largest absolute Gasteiger partial charge is 0.346 e. The second-order valence-electron chi connectivity index (χ2n) is 8.18. The molecule has 4 heterocycles. The van der Waals surface area contributed by atoms with Gasteiger partial charge in [0.2, 0.25) is 5.91 Å². The predicted molar refractivity (Wildman–Crippen MR) is 115 cm³/mol. The van der Waals surface area contributed by atoms with E-state index in [4.69, 9.17) is 0 Å². The molecule has 1 saturated carbocycles. The lowest BCUT2D eigenvalue weighted by Gasteiger charge is -2.32. The zero-order chi connectivity index (χ0) is 21.5. The molecule has 0 spiro atoms. The van der Waals surface area contributed by atoms with Crippen LogP contribution >= 0.6 is 0 Å². The highest BCUT2D eigenvalue weighted by atomic mass is 19.1. The molecule has 3 aromatic heterocycles. The van der Waals surface area contributed by atoms with E-state index in [0.29, 0.717) is 24.6 Å². The molecular formula is C23H22FN5O2. The molecule has 1 unspecified atom stereocenters. The lowest BCUT2D eigenvalue weighted by atomic mass is 9.89. The van der Waals surface area contributed by atoms with Crippen molar-refractivity contribution in [3.8, 4) is 0 Å². The summed E-state index contributed by atoms with van der Waals surface area (Å²) in [6.07, 6.45) is 8.14. The molecule has 8 heteroatoms. The summed E-state index contributed by atoms with van der Waals surface area (Å²) >= 11 is 0. The lowest BCUT2D eigenvalue weighted by Crippen LogP contribution is -2.38. The van der Waals surface area contributed by atoms with Crippen molar-refractivity contribution in [3.05, 3.63) is 59.8 Å². The fourth-order valence-corrected chi connectivity index (χ4v) is 4.09. The maximum Gasteiger partial charge on any atom is 0.257 e. The Labute approximate surface area is 178 Å². The van der Waals surface area contributed by atoms with Gasteiger partial charge in [-0.15, -0.1) is 0 Å². The number of anilines is 1. The molecule has 2 N–H and O–H groups in total. The minimum absolute atomic E-state index is 0.00572. The number of amides is 2. The third-order valence-corrected chi connectivity index (χ3v) is 5.89. The molecule has 31 heavy (non-hydrogen) atoms. The van der Waals surface area contributed by atoms with Crippen LogP contribution in [0.1, 0.15) is 35.7 Å². The number of H-pyrrole nitrogens is 1. The Morgan fingerprint density at radius 1 is 1.29 bits per heavy atom. The van der Waals surface area contributed by atoms with Crippen LogP contribution in [0, 0.1) is 17.7 Å². The molecule has 7 nitrogen and oxygen atoms in total. The molecule has 0 saturated heterocycles. The number of fused-ring (bicyclic) bond motifs is 1. The van der Waals surface area contributed by atoms with Gasteiger partial charge in [-0.05, 0) is 48.1 Å². The Morgan fingerprint density at radius 2 is 2.13 bits per heavy atom. The summed E-state index contributed by atoms with van der Waals surface area (Å²) in [5.74, 6) is -0.325. The zero-order valence-corrected chi connectivity index (χ0v) is 17.1. The lowest BCUT2D eigenvalue weighted by molar-refractivity contribution is -0.117. The van der Waals surface area contributed by atoms with Gasteiger partial charge in [-0.1, -0.05) is 13.0 Å². The molecule has 1 atom stereocenters. The normalized spacial score (nSPS) is 18.7. The van der Waals surface area contributed by atoms with Crippen LogP contribution in [0.3, 0.4) is 0 Å². The van der Waals surface area contributed by atoms with Crippen LogP contribution in [0.25, 0.3) is 16.6 Å². The van der Waals surface area contributed by atoms with E-state index in [9.17, 15) is 14.0 Å². The van der Waals surface area contributed by atoms with E-state index in [1.807, 2.05) is 31.3 Å². The van der Waals surface area contributed by atoms with Crippen molar-refractivity contribution in [2.45, 2.75) is 19.8 Å². The number of nitrogens with zero attached hydrogens (tertiary/aromatic N) is 3. The summed E-state index contributed by atoms with van der Waals surface area (Å²) in [6.45, 7) is 2.87. The number of carbonyl (C=O) groups is 2. The zero-order valence-electron chi connectivity index (χ0n) is 17.1. The van der Waals surface area contributed by atoms with Crippen molar-refractivity contribution in [2.75, 3.05) is 18.4 Å². The van der Waals surface area contributed by atoms with Gasteiger partial charge in [0.05, 0.1) is 11.8 Å². The number of aromatic amines is 1. The molecule has 0 aromatic carbocycles. The number of carbonyl (C=O) groups excluding carboxylic acids is 2. The van der Waals surface area contributed by atoms with Crippen molar-refractivity contribution >= 4 is 34.2 Å². The molecule has 2 amide bonds. The van der Waals surface area contributed by atoms with Gasteiger partial charge in [0.15, 0.2) is 5.82 Å². The first-order valence-electron chi connectivity index (χ1n) is 10.4. The van der Waals surface area contributed by atoms with E-state index in [0.717, 1.165) is 35.6 Å². The smallest absolute Gasteiger partial charge is 0.257 e. The first kappa shape index (κ1) is 19.4. The highest BCUT2D eigenvalue weighted by Gasteiger charge is 2.31. The van der Waals surface area contributed by atoms with E-state index in [2.05, 4.69) is 20.3 Å². The SMILES string of the molecule is CC1CN(C(=O)c2ccncc2F)CC=C1c1cc(NC(=O)C2CC2)nc2[nH]ccc12. The van der Waals surface area contributed by atoms with Gasteiger partial charge in [0, 0.05) is 36.8 Å². The highest BCUT2D eigenvalue weighted by Crippen LogP contribution is 2.35. The van der Waals surface area contributed by atoms with Crippen LogP contribution in [0.15, 0.2) is 42.9 Å². The Balaban J connectivity index is 1.45. The number of hydrogen-bond acceptors (Lipinski definition) is 4. The maximum atomic E-state index is 14.0. The summed E-state index contributed by atoms with van der Waals surface area (Å²) in [5, 5.41) is 3.89. The second-order valence-corrected chi connectivity index (χ2v) is 8.18. The Hall–Kier alpha value is -3.55. The molecule has 1 fully saturated rings. The van der Waals surface area contributed by atoms with Gasteiger partial charge < -0.3 is 15.2 Å². The van der Waals surface area contributed by atoms with Crippen molar-refractivity contribution in [1.29, 1.82) is 0 Å². The quantitative estimate of drug-likeness (QED) is 0.676. The summed E-state index contributed by atoms with van der Waals surface area (Å²) < 4.78 is 14.0. The van der Waals surface area contributed by atoms with Crippen LogP contribution < -0.4 is 5.32 Å². The average molecular weight is 419 g/mol. The number of nitrogens with one attached hydrogen (secondary N) is 2. The van der Waals surface area contributed by atoms with Crippen LogP contribution in [0.5, 0.6) is 0 Å². The van der Waals surface area contributed by atoms with Crippen molar-refractivity contribution in [3.63, 3.8) is 0 Å². The molecule has 0 bridgehead atoms. The van der Waals surface area contributed by atoms with Gasteiger partial charge >= 0.3 is 0 Å². The fraction of sp³-hybridized carbons (Fsp3) is 0.304. The van der Waals surface area contributed by atoms with Crippen LogP contribution in [-0.2, 0) is 4.79 Å². The number of rotatable bonds is 4. The van der Waals surface area contributed by atoms with Gasteiger partial charge in [0.1, 0.15) is 11.5 Å². The first-order valence-corrected chi connectivity index (χ1v) is 10.4. The molecule has 1 aliphatic carbocycles. The summed E-state index contributed by atoms with van der Waals surface area (Å²) in [7, 11) is 0. The molecule has 1 aliphatic heterocycles. The van der Waals surface area contributed by atoms with Gasteiger partial charge in [0.25, 0.3) is 5.91 Å². The molecule has 158 valence electrons. The Kier molecular flexibility index (Phi) is 4.77. The van der Waals surface area contributed by atoms with E-state index >= 15 is 0 Å². The second kappa shape index (κ2) is 7.61. The summed E-state index contributed by atoms with van der Waals surface area (Å²) in [4.78, 5) is 38.0. The van der Waals surface area contributed by atoms with E-state index < -0.39 is 5.82 Å². The van der Waals surface area contributed by atoms with E-state index in [1.54, 1.807) is 4.90 Å². The fourth-order valence-electron chi connectivity index (χ4n) is 4.09. The maximum absolute atomic E-state index is 14.0. The molecule has 5 rings (SSSR count). The minimum atomic E-state index is -0.617. The van der Waals surface area contributed by atoms with Gasteiger partial charge in [-0.25, -0.2) is 9.37 Å². The topological polar surface area (TPSA) is 91.0 Å².